The number of nitrogens with zero attached hydrogens (tertiary/aromatic N) is 2. The van der Waals surface area contributed by atoms with Crippen LogP contribution in [0.5, 0.6) is 0 Å². The zero-order valence-corrected chi connectivity index (χ0v) is 19.1. The highest BCUT2D eigenvalue weighted by Gasteiger charge is 2.23. The van der Waals surface area contributed by atoms with E-state index in [1.54, 1.807) is 7.05 Å². The number of rotatable bonds is 6. The van der Waals surface area contributed by atoms with Crippen LogP contribution in [0.3, 0.4) is 0 Å². The molecule has 1 fully saturated rings. The molecule has 0 saturated carbocycles. The van der Waals surface area contributed by atoms with Crippen LogP contribution in [0, 0.1) is 5.82 Å². The second kappa shape index (κ2) is 11.0. The Morgan fingerprint density at radius 2 is 2.25 bits per heavy atom. The number of H-pyrrole nitrogens is 1. The number of hydrogen-bond acceptors (Lipinski definition) is 3. The first-order valence-corrected chi connectivity index (χ1v) is 9.62. The van der Waals surface area contributed by atoms with E-state index in [4.69, 9.17) is 4.74 Å². The molecule has 3 rings (SSSR count). The van der Waals surface area contributed by atoms with Crippen LogP contribution >= 0.6 is 24.0 Å². The van der Waals surface area contributed by atoms with Crippen LogP contribution in [0.4, 0.5) is 4.39 Å². The average Bonchev–Trinajstić information content (AvgIpc) is 3.06. The molecule has 1 saturated heterocycles. The van der Waals surface area contributed by atoms with Gasteiger partial charge in [-0.15, -0.1) is 24.0 Å². The minimum Gasteiger partial charge on any atom is -0.379 e. The lowest BCUT2D eigenvalue weighted by Gasteiger charge is -2.38. The minimum atomic E-state index is -0.220. The number of morpholine rings is 1. The number of benzene rings is 1. The van der Waals surface area contributed by atoms with E-state index in [0.717, 1.165) is 56.1 Å². The first-order chi connectivity index (χ1) is 13.1. The van der Waals surface area contributed by atoms with E-state index in [9.17, 15) is 4.39 Å². The van der Waals surface area contributed by atoms with Crippen molar-refractivity contribution >= 4 is 40.8 Å². The van der Waals surface area contributed by atoms with Crippen LogP contribution < -0.4 is 10.6 Å². The fourth-order valence-corrected chi connectivity index (χ4v) is 3.66. The summed E-state index contributed by atoms with van der Waals surface area (Å²) in [5.41, 5.74) is 2.00. The van der Waals surface area contributed by atoms with Gasteiger partial charge in [0.2, 0.25) is 0 Å². The SMILES string of the molecule is CN=C(NCCc1c[nH]c2cc(F)ccc12)NCC(C)N1CCOCC1C.I. The summed E-state index contributed by atoms with van der Waals surface area (Å²) >= 11 is 0. The van der Waals surface area contributed by atoms with Crippen molar-refractivity contribution in [2.45, 2.75) is 32.4 Å². The summed E-state index contributed by atoms with van der Waals surface area (Å²) in [6.45, 7) is 8.59. The molecule has 2 unspecified atom stereocenters. The second-order valence-electron chi connectivity index (χ2n) is 7.14. The third-order valence-electron chi connectivity index (χ3n) is 5.19. The van der Waals surface area contributed by atoms with Crippen molar-refractivity contribution in [2.24, 2.45) is 4.99 Å². The smallest absolute Gasteiger partial charge is 0.191 e. The lowest BCUT2D eigenvalue weighted by molar-refractivity contribution is -0.0174. The Hall–Kier alpha value is -1.39. The molecule has 1 aliphatic rings. The van der Waals surface area contributed by atoms with Gasteiger partial charge < -0.3 is 20.4 Å². The molecule has 28 heavy (non-hydrogen) atoms. The Bertz CT molecular complexity index is 781. The summed E-state index contributed by atoms with van der Waals surface area (Å²) in [6.07, 6.45) is 2.78. The molecule has 3 N–H and O–H groups in total. The van der Waals surface area contributed by atoms with E-state index in [0.29, 0.717) is 12.1 Å². The van der Waals surface area contributed by atoms with Gasteiger partial charge in [-0.3, -0.25) is 9.89 Å². The summed E-state index contributed by atoms with van der Waals surface area (Å²) in [5.74, 6) is 0.580. The number of hydrogen-bond donors (Lipinski definition) is 3. The molecule has 6 nitrogen and oxygen atoms in total. The summed E-state index contributed by atoms with van der Waals surface area (Å²) < 4.78 is 18.8. The quantitative estimate of drug-likeness (QED) is 0.323. The zero-order valence-electron chi connectivity index (χ0n) is 16.8. The summed E-state index contributed by atoms with van der Waals surface area (Å²) in [5, 5.41) is 7.84. The average molecular weight is 503 g/mol. The summed E-state index contributed by atoms with van der Waals surface area (Å²) in [6, 6.07) is 5.71. The molecule has 2 atom stereocenters. The van der Waals surface area contributed by atoms with Gasteiger partial charge in [0.05, 0.1) is 13.2 Å². The van der Waals surface area contributed by atoms with Gasteiger partial charge in [0.15, 0.2) is 5.96 Å². The van der Waals surface area contributed by atoms with Gasteiger partial charge >= 0.3 is 0 Å². The Morgan fingerprint density at radius 3 is 3.00 bits per heavy atom. The lowest BCUT2D eigenvalue weighted by atomic mass is 10.1. The third kappa shape index (κ3) is 5.81. The number of halogens is 2. The predicted molar refractivity (Wildman–Crippen MR) is 123 cm³/mol. The fraction of sp³-hybridized carbons (Fsp3) is 0.550. The van der Waals surface area contributed by atoms with Crippen molar-refractivity contribution in [3.05, 3.63) is 35.8 Å². The normalized spacial score (nSPS) is 19.3. The largest absolute Gasteiger partial charge is 0.379 e. The van der Waals surface area contributed by atoms with E-state index in [1.807, 2.05) is 12.3 Å². The van der Waals surface area contributed by atoms with Gasteiger partial charge in [-0.1, -0.05) is 0 Å². The number of fused-ring (bicyclic) bond motifs is 1. The van der Waals surface area contributed by atoms with Crippen molar-refractivity contribution in [1.82, 2.24) is 20.5 Å². The van der Waals surface area contributed by atoms with Gasteiger partial charge in [0.25, 0.3) is 0 Å². The van der Waals surface area contributed by atoms with Gasteiger partial charge in [-0.2, -0.15) is 0 Å². The Kier molecular flexibility index (Phi) is 8.97. The van der Waals surface area contributed by atoms with Crippen molar-refractivity contribution in [3.63, 3.8) is 0 Å². The molecule has 0 aliphatic carbocycles. The van der Waals surface area contributed by atoms with Crippen molar-refractivity contribution in [3.8, 4) is 0 Å². The van der Waals surface area contributed by atoms with E-state index in [2.05, 4.69) is 39.4 Å². The third-order valence-corrected chi connectivity index (χ3v) is 5.19. The molecule has 1 aromatic heterocycles. The monoisotopic (exact) mass is 503 g/mol. The topological polar surface area (TPSA) is 64.7 Å². The van der Waals surface area contributed by atoms with E-state index < -0.39 is 0 Å². The van der Waals surface area contributed by atoms with Crippen LogP contribution in [0.1, 0.15) is 19.4 Å². The Balaban J connectivity index is 0.00000280. The van der Waals surface area contributed by atoms with Gasteiger partial charge in [0, 0.05) is 55.9 Å². The van der Waals surface area contributed by atoms with Crippen LogP contribution in [0.25, 0.3) is 10.9 Å². The number of aromatic amines is 1. The molecule has 156 valence electrons. The van der Waals surface area contributed by atoms with Crippen LogP contribution in [-0.2, 0) is 11.2 Å². The zero-order chi connectivity index (χ0) is 19.2. The van der Waals surface area contributed by atoms with Crippen molar-refractivity contribution in [1.29, 1.82) is 0 Å². The molecule has 1 aliphatic heterocycles. The number of aliphatic imine (C=N–C) groups is 1. The predicted octanol–water partition coefficient (Wildman–Crippen LogP) is 2.74. The summed E-state index contributed by atoms with van der Waals surface area (Å²) in [7, 11) is 1.78. The molecular formula is C20H31FIN5O. The highest BCUT2D eigenvalue weighted by molar-refractivity contribution is 14.0. The highest BCUT2D eigenvalue weighted by Crippen LogP contribution is 2.19. The van der Waals surface area contributed by atoms with Crippen LogP contribution in [-0.4, -0.2) is 67.8 Å². The van der Waals surface area contributed by atoms with E-state index in [1.165, 1.54) is 17.7 Å². The molecule has 0 bridgehead atoms. The maximum Gasteiger partial charge on any atom is 0.191 e. The summed E-state index contributed by atoms with van der Waals surface area (Å²) in [4.78, 5) is 9.91. The minimum absolute atomic E-state index is 0. The Morgan fingerprint density at radius 1 is 1.43 bits per heavy atom. The van der Waals surface area contributed by atoms with Gasteiger partial charge in [0.1, 0.15) is 5.82 Å². The number of guanidine groups is 1. The molecule has 1 aromatic carbocycles. The molecule has 0 radical (unpaired) electrons. The standard InChI is InChI=1S/C20H30FN5O.HI/c1-14(26-8-9-27-13-15(26)2)11-25-20(22-3)23-7-6-16-12-24-19-10-17(21)4-5-18(16)19;/h4-5,10,12,14-15,24H,6-9,11,13H2,1-3H3,(H2,22,23,25);1H. The molecule has 8 heteroatoms. The van der Waals surface area contributed by atoms with E-state index in [-0.39, 0.29) is 29.8 Å². The highest BCUT2D eigenvalue weighted by atomic mass is 127. The molecular weight excluding hydrogens is 472 g/mol. The van der Waals surface area contributed by atoms with E-state index >= 15 is 0 Å². The maximum absolute atomic E-state index is 13.3. The number of nitrogens with one attached hydrogen (secondary N) is 3. The molecule has 0 amide bonds. The van der Waals surface area contributed by atoms with Crippen molar-refractivity contribution in [2.75, 3.05) is 39.9 Å². The molecule has 0 spiro atoms. The molecule has 2 heterocycles. The lowest BCUT2D eigenvalue weighted by Crippen LogP contribution is -2.53. The maximum atomic E-state index is 13.3. The second-order valence-corrected chi connectivity index (χ2v) is 7.14. The van der Waals surface area contributed by atoms with Crippen molar-refractivity contribution < 1.29 is 9.13 Å². The molecule has 2 aromatic rings. The first-order valence-electron chi connectivity index (χ1n) is 9.62. The van der Waals surface area contributed by atoms with Crippen LogP contribution in [0.2, 0.25) is 0 Å². The fourth-order valence-electron chi connectivity index (χ4n) is 3.66. The van der Waals surface area contributed by atoms with Crippen LogP contribution in [0.15, 0.2) is 29.4 Å². The number of ether oxygens (including phenoxy) is 1. The van der Waals surface area contributed by atoms with Gasteiger partial charge in [-0.05, 0) is 44.0 Å². The Labute approximate surface area is 183 Å². The first kappa shape index (κ1) is 22.9. The number of aromatic nitrogens is 1. The van der Waals surface area contributed by atoms with Gasteiger partial charge in [-0.25, -0.2) is 4.39 Å².